The van der Waals surface area contributed by atoms with Crippen LogP contribution in [0.2, 0.25) is 0 Å². The Bertz CT molecular complexity index is 802. The summed E-state index contributed by atoms with van der Waals surface area (Å²) in [6, 6.07) is 4.29. The third-order valence-corrected chi connectivity index (χ3v) is 4.12. The number of allylic oxidation sites excluding steroid dienone is 1. The maximum absolute atomic E-state index is 4.65. The Morgan fingerprint density at radius 1 is 1.22 bits per heavy atom. The first-order valence-corrected chi connectivity index (χ1v) is 7.87. The van der Waals surface area contributed by atoms with Crippen LogP contribution in [0.1, 0.15) is 28.2 Å². The molecule has 0 atom stereocenters. The van der Waals surface area contributed by atoms with E-state index in [2.05, 4.69) is 59.1 Å². The minimum absolute atomic E-state index is 0.707. The van der Waals surface area contributed by atoms with Gasteiger partial charge >= 0.3 is 0 Å². The molecule has 0 fully saturated rings. The smallest absolute Gasteiger partial charge is 0.121 e. The maximum Gasteiger partial charge on any atom is 0.121 e. The van der Waals surface area contributed by atoms with Crippen molar-refractivity contribution in [1.82, 2.24) is 25.1 Å². The Morgan fingerprint density at radius 3 is 2.78 bits per heavy atom. The minimum Gasteiger partial charge on any atom is -0.341 e. The van der Waals surface area contributed by atoms with Gasteiger partial charge < -0.3 is 10.3 Å². The van der Waals surface area contributed by atoms with E-state index in [9.17, 15) is 0 Å². The van der Waals surface area contributed by atoms with E-state index in [1.165, 1.54) is 16.7 Å². The molecular formula is C18H23N5. The van der Waals surface area contributed by atoms with Crippen molar-refractivity contribution in [2.75, 3.05) is 0 Å². The molecule has 0 radical (unpaired) electrons. The highest BCUT2D eigenvalue weighted by atomic mass is 15.3. The van der Waals surface area contributed by atoms with Crippen molar-refractivity contribution < 1.29 is 0 Å². The zero-order valence-electron chi connectivity index (χ0n) is 14.0. The molecule has 0 unspecified atom stereocenters. The molecular weight excluding hydrogens is 286 g/mol. The summed E-state index contributed by atoms with van der Waals surface area (Å²) in [7, 11) is 0. The highest BCUT2D eigenvalue weighted by Gasteiger charge is 2.07. The van der Waals surface area contributed by atoms with E-state index < -0.39 is 0 Å². The molecule has 23 heavy (non-hydrogen) atoms. The Labute approximate surface area is 136 Å². The maximum atomic E-state index is 4.65. The topological polar surface area (TPSA) is 58.5 Å². The molecule has 0 spiro atoms. The number of nitrogens with one attached hydrogen (secondary N) is 2. The average Bonchev–Trinajstić information content (AvgIpc) is 3.04. The molecule has 3 aromatic rings. The zero-order valence-corrected chi connectivity index (χ0v) is 14.0. The fourth-order valence-electron chi connectivity index (χ4n) is 2.68. The van der Waals surface area contributed by atoms with Crippen LogP contribution in [0.15, 0.2) is 31.0 Å². The van der Waals surface area contributed by atoms with Gasteiger partial charge in [-0.25, -0.2) is 4.98 Å². The predicted molar refractivity (Wildman–Crippen MR) is 93.3 cm³/mol. The van der Waals surface area contributed by atoms with Crippen LogP contribution < -0.4 is 5.32 Å². The van der Waals surface area contributed by atoms with E-state index in [4.69, 9.17) is 0 Å². The lowest BCUT2D eigenvalue weighted by atomic mass is 10.1. The van der Waals surface area contributed by atoms with E-state index in [-0.39, 0.29) is 0 Å². The normalized spacial score (nSPS) is 11.3. The number of fused-ring (bicyclic) bond motifs is 1. The molecule has 0 aliphatic heterocycles. The summed E-state index contributed by atoms with van der Waals surface area (Å²) in [5, 5.41) is 7.89. The zero-order chi connectivity index (χ0) is 16.4. The first-order chi connectivity index (χ1) is 11.1. The molecule has 5 nitrogen and oxygen atoms in total. The average molecular weight is 309 g/mol. The van der Waals surface area contributed by atoms with Gasteiger partial charge in [0, 0.05) is 18.3 Å². The van der Waals surface area contributed by atoms with Gasteiger partial charge in [-0.2, -0.15) is 5.10 Å². The van der Waals surface area contributed by atoms with E-state index in [1.807, 2.05) is 17.7 Å². The number of H-pyrrole nitrogens is 1. The van der Waals surface area contributed by atoms with Crippen molar-refractivity contribution in [2.45, 2.75) is 40.4 Å². The van der Waals surface area contributed by atoms with Crippen molar-refractivity contribution in [2.24, 2.45) is 0 Å². The van der Waals surface area contributed by atoms with Gasteiger partial charge in [0.1, 0.15) is 5.82 Å². The monoisotopic (exact) mass is 309 g/mol. The molecule has 2 aromatic heterocycles. The first-order valence-electron chi connectivity index (χ1n) is 7.87. The molecule has 120 valence electrons. The van der Waals surface area contributed by atoms with Crippen LogP contribution in [0.5, 0.6) is 0 Å². The van der Waals surface area contributed by atoms with Gasteiger partial charge in [-0.05, 0) is 44.0 Å². The van der Waals surface area contributed by atoms with Crippen molar-refractivity contribution in [1.29, 1.82) is 0 Å². The summed E-state index contributed by atoms with van der Waals surface area (Å²) in [6.45, 7) is 12.2. The molecule has 0 aliphatic carbocycles. The van der Waals surface area contributed by atoms with Gasteiger partial charge in [-0.1, -0.05) is 6.08 Å². The number of nitrogens with zero attached hydrogens (tertiary/aromatic N) is 3. The van der Waals surface area contributed by atoms with Crippen LogP contribution in [0.25, 0.3) is 11.0 Å². The fourth-order valence-corrected chi connectivity index (χ4v) is 2.68. The number of rotatable bonds is 6. The number of aromatic amines is 1. The molecule has 0 bridgehead atoms. The quantitative estimate of drug-likeness (QED) is 0.688. The van der Waals surface area contributed by atoms with E-state index in [1.54, 1.807) is 0 Å². The molecule has 3 rings (SSSR count). The summed E-state index contributed by atoms with van der Waals surface area (Å²) < 4.78 is 1.91. The van der Waals surface area contributed by atoms with Gasteiger partial charge in [-0.15, -0.1) is 6.58 Å². The Balaban J connectivity index is 1.65. The molecule has 2 heterocycles. The van der Waals surface area contributed by atoms with Crippen molar-refractivity contribution in [3.63, 3.8) is 0 Å². The summed E-state index contributed by atoms with van der Waals surface area (Å²) in [4.78, 5) is 8.03. The van der Waals surface area contributed by atoms with Crippen LogP contribution in [0.4, 0.5) is 0 Å². The Morgan fingerprint density at radius 2 is 2.00 bits per heavy atom. The molecule has 2 N–H and O–H groups in total. The Kier molecular flexibility index (Phi) is 4.30. The number of hydrogen-bond donors (Lipinski definition) is 2. The predicted octanol–water partition coefficient (Wildman–Crippen LogP) is 3.16. The number of hydrogen-bond acceptors (Lipinski definition) is 3. The summed E-state index contributed by atoms with van der Waals surface area (Å²) in [5.41, 5.74) is 6.93. The summed E-state index contributed by atoms with van der Waals surface area (Å²) in [5.74, 6) is 0.959. The standard InChI is InChI=1S/C18H23N5/c1-5-6-23-11-15(14(4)22-23)9-19-10-18-20-16-7-12(2)13(3)8-17(16)21-18/h5,7-8,11,19H,1,6,9-10H2,2-4H3,(H,20,21). The third-order valence-electron chi connectivity index (χ3n) is 4.12. The van der Waals surface area contributed by atoms with Crippen LogP contribution in [0.3, 0.4) is 0 Å². The molecule has 0 aliphatic rings. The second-order valence-electron chi connectivity index (χ2n) is 5.99. The molecule has 0 saturated heterocycles. The highest BCUT2D eigenvalue weighted by Crippen LogP contribution is 2.17. The number of aryl methyl sites for hydroxylation is 3. The summed E-state index contributed by atoms with van der Waals surface area (Å²) in [6.07, 6.45) is 3.91. The molecule has 5 heteroatoms. The van der Waals surface area contributed by atoms with Gasteiger partial charge in [0.15, 0.2) is 0 Å². The van der Waals surface area contributed by atoms with Crippen LogP contribution in [-0.4, -0.2) is 19.7 Å². The van der Waals surface area contributed by atoms with Crippen LogP contribution in [0, 0.1) is 20.8 Å². The molecule has 0 amide bonds. The minimum atomic E-state index is 0.707. The van der Waals surface area contributed by atoms with E-state index in [0.717, 1.165) is 35.6 Å². The van der Waals surface area contributed by atoms with E-state index >= 15 is 0 Å². The molecule has 0 saturated carbocycles. The van der Waals surface area contributed by atoms with Crippen molar-refractivity contribution in [3.8, 4) is 0 Å². The largest absolute Gasteiger partial charge is 0.341 e. The van der Waals surface area contributed by atoms with Gasteiger partial charge in [0.05, 0.1) is 29.8 Å². The third kappa shape index (κ3) is 3.35. The number of imidazole rings is 1. The lowest BCUT2D eigenvalue weighted by Crippen LogP contribution is -2.13. The van der Waals surface area contributed by atoms with E-state index in [0.29, 0.717) is 6.54 Å². The fraction of sp³-hybridized carbons (Fsp3) is 0.333. The number of aromatic nitrogens is 4. The van der Waals surface area contributed by atoms with Gasteiger partial charge in [0.2, 0.25) is 0 Å². The van der Waals surface area contributed by atoms with Crippen LogP contribution in [-0.2, 0) is 19.6 Å². The lowest BCUT2D eigenvalue weighted by molar-refractivity contribution is 0.666. The molecule has 1 aromatic carbocycles. The lowest BCUT2D eigenvalue weighted by Gasteiger charge is -2.01. The Hall–Kier alpha value is -2.40. The first kappa shape index (κ1) is 15.5. The van der Waals surface area contributed by atoms with Gasteiger partial charge in [0.25, 0.3) is 0 Å². The highest BCUT2D eigenvalue weighted by molar-refractivity contribution is 5.77. The van der Waals surface area contributed by atoms with Crippen molar-refractivity contribution in [3.05, 3.63) is 59.2 Å². The second kappa shape index (κ2) is 6.38. The summed E-state index contributed by atoms with van der Waals surface area (Å²) >= 11 is 0. The van der Waals surface area contributed by atoms with Crippen LogP contribution >= 0.6 is 0 Å². The SMILES string of the molecule is C=CCn1cc(CNCc2nc3cc(C)c(C)cc3[nH]2)c(C)n1. The second-order valence-corrected chi connectivity index (χ2v) is 5.99. The van der Waals surface area contributed by atoms with Gasteiger partial charge in [-0.3, -0.25) is 4.68 Å². The number of benzene rings is 1. The van der Waals surface area contributed by atoms with Crippen molar-refractivity contribution >= 4 is 11.0 Å².